The van der Waals surface area contributed by atoms with Crippen LogP contribution in [0.15, 0.2) is 53.7 Å². The average molecular weight is 297 g/mol. The third kappa shape index (κ3) is 2.88. The highest BCUT2D eigenvalue weighted by molar-refractivity contribution is 6.31. The molecule has 0 atom stereocenters. The molecule has 0 aliphatic heterocycles. The van der Waals surface area contributed by atoms with E-state index >= 15 is 0 Å². The van der Waals surface area contributed by atoms with Gasteiger partial charge in [-0.1, -0.05) is 35.9 Å². The topological polar surface area (TPSA) is 45.5 Å². The van der Waals surface area contributed by atoms with Crippen LogP contribution in [0.4, 0.5) is 5.82 Å². The first-order valence-corrected chi connectivity index (χ1v) is 6.89. The Bertz CT molecular complexity index is 843. The molecule has 21 heavy (non-hydrogen) atoms. The fourth-order valence-corrected chi connectivity index (χ4v) is 2.42. The summed E-state index contributed by atoms with van der Waals surface area (Å²) in [7, 11) is 0. The van der Waals surface area contributed by atoms with Crippen molar-refractivity contribution >= 4 is 34.4 Å². The van der Waals surface area contributed by atoms with Crippen molar-refractivity contribution in [3.05, 3.63) is 64.8 Å². The molecule has 0 bridgehead atoms. The third-order valence-electron chi connectivity index (χ3n) is 3.25. The van der Waals surface area contributed by atoms with Gasteiger partial charge in [0.15, 0.2) is 5.82 Å². The minimum Gasteiger partial charge on any atom is -0.507 e. The number of fused-ring (bicyclic) bond motifs is 1. The summed E-state index contributed by atoms with van der Waals surface area (Å²) in [6.45, 7) is 1.80. The van der Waals surface area contributed by atoms with Crippen molar-refractivity contribution in [2.75, 3.05) is 0 Å². The van der Waals surface area contributed by atoms with Gasteiger partial charge in [0.2, 0.25) is 0 Å². The van der Waals surface area contributed by atoms with Crippen molar-refractivity contribution in [2.45, 2.75) is 6.92 Å². The zero-order valence-corrected chi connectivity index (χ0v) is 12.2. The zero-order chi connectivity index (χ0) is 14.8. The number of pyridine rings is 1. The van der Waals surface area contributed by atoms with Crippen molar-refractivity contribution in [3.8, 4) is 5.75 Å². The summed E-state index contributed by atoms with van der Waals surface area (Å²) in [6.07, 6.45) is 3.36. The second-order valence-corrected chi connectivity index (χ2v) is 5.24. The van der Waals surface area contributed by atoms with Crippen molar-refractivity contribution in [3.63, 3.8) is 0 Å². The molecule has 0 spiro atoms. The third-order valence-corrected chi connectivity index (χ3v) is 3.47. The SMILES string of the molecule is Cc1cc(Cl)cc(C=Nc2cc3ccccc3cn2)c1O. The van der Waals surface area contributed by atoms with Gasteiger partial charge in [0, 0.05) is 28.4 Å². The Morgan fingerprint density at radius 3 is 2.71 bits per heavy atom. The maximum Gasteiger partial charge on any atom is 0.152 e. The van der Waals surface area contributed by atoms with Crippen LogP contribution in [-0.2, 0) is 0 Å². The van der Waals surface area contributed by atoms with Crippen molar-refractivity contribution in [2.24, 2.45) is 4.99 Å². The lowest BCUT2D eigenvalue weighted by atomic mass is 10.1. The standard InChI is InChI=1S/C17H13ClN2O/c1-11-6-15(18)7-14(17(11)21)10-20-16-8-12-4-2-3-5-13(12)9-19-16/h2-10,21H,1H3. The maximum atomic E-state index is 10.0. The van der Waals surface area contributed by atoms with Gasteiger partial charge in [-0.15, -0.1) is 0 Å². The molecule has 0 amide bonds. The molecule has 104 valence electrons. The normalized spacial score (nSPS) is 11.3. The van der Waals surface area contributed by atoms with Crippen LogP contribution < -0.4 is 0 Å². The molecule has 0 fully saturated rings. The number of aromatic nitrogens is 1. The summed E-state index contributed by atoms with van der Waals surface area (Å²) in [4.78, 5) is 8.60. The van der Waals surface area contributed by atoms with Crippen LogP contribution in [0, 0.1) is 6.92 Å². The Hall–Kier alpha value is -2.39. The highest BCUT2D eigenvalue weighted by Crippen LogP contribution is 2.26. The van der Waals surface area contributed by atoms with Gasteiger partial charge in [0.1, 0.15) is 5.75 Å². The van der Waals surface area contributed by atoms with E-state index in [0.29, 0.717) is 16.4 Å². The van der Waals surface area contributed by atoms with E-state index in [4.69, 9.17) is 11.6 Å². The van der Waals surface area contributed by atoms with Crippen LogP contribution in [0.2, 0.25) is 5.02 Å². The minimum atomic E-state index is 0.184. The van der Waals surface area contributed by atoms with Gasteiger partial charge in [-0.3, -0.25) is 0 Å². The number of halogens is 1. The molecule has 1 heterocycles. The molecule has 1 aromatic heterocycles. The number of nitrogens with zero attached hydrogens (tertiary/aromatic N) is 2. The molecule has 0 aliphatic carbocycles. The van der Waals surface area contributed by atoms with Crippen LogP contribution >= 0.6 is 11.6 Å². The van der Waals surface area contributed by atoms with Gasteiger partial charge in [-0.05, 0) is 36.1 Å². The van der Waals surface area contributed by atoms with E-state index in [9.17, 15) is 5.11 Å². The van der Waals surface area contributed by atoms with Crippen LogP contribution in [0.3, 0.4) is 0 Å². The maximum absolute atomic E-state index is 10.0. The Labute approximate surface area is 127 Å². The summed E-state index contributed by atoms with van der Waals surface area (Å²) in [6, 6.07) is 13.2. The van der Waals surface area contributed by atoms with Crippen molar-refractivity contribution < 1.29 is 5.11 Å². The van der Waals surface area contributed by atoms with E-state index in [2.05, 4.69) is 9.98 Å². The molecule has 0 aliphatic rings. The van der Waals surface area contributed by atoms with Gasteiger partial charge >= 0.3 is 0 Å². The number of aromatic hydroxyl groups is 1. The van der Waals surface area contributed by atoms with Gasteiger partial charge in [-0.2, -0.15) is 0 Å². The van der Waals surface area contributed by atoms with E-state index in [1.54, 1.807) is 31.5 Å². The van der Waals surface area contributed by atoms with Crippen LogP contribution in [-0.4, -0.2) is 16.3 Å². The predicted molar refractivity (Wildman–Crippen MR) is 86.9 cm³/mol. The van der Waals surface area contributed by atoms with E-state index in [1.807, 2.05) is 30.3 Å². The quantitative estimate of drug-likeness (QED) is 0.699. The Balaban J connectivity index is 1.98. The summed E-state index contributed by atoms with van der Waals surface area (Å²) >= 11 is 5.99. The fourth-order valence-electron chi connectivity index (χ4n) is 2.14. The van der Waals surface area contributed by atoms with Crippen LogP contribution in [0.25, 0.3) is 10.8 Å². The van der Waals surface area contributed by atoms with Crippen molar-refractivity contribution in [1.29, 1.82) is 0 Å². The Morgan fingerprint density at radius 2 is 1.90 bits per heavy atom. The molecule has 0 unspecified atom stereocenters. The van der Waals surface area contributed by atoms with E-state index in [0.717, 1.165) is 16.3 Å². The van der Waals surface area contributed by atoms with Crippen molar-refractivity contribution in [1.82, 2.24) is 4.98 Å². The first-order valence-electron chi connectivity index (χ1n) is 6.51. The molecule has 3 nitrogen and oxygen atoms in total. The van der Waals surface area contributed by atoms with Crippen LogP contribution in [0.5, 0.6) is 5.75 Å². The molecule has 1 N–H and O–H groups in total. The second kappa shape index (κ2) is 5.54. The lowest BCUT2D eigenvalue weighted by Gasteiger charge is -2.03. The molecule has 3 aromatic rings. The minimum absolute atomic E-state index is 0.184. The number of aryl methyl sites for hydroxylation is 1. The average Bonchev–Trinajstić information content (AvgIpc) is 2.49. The lowest BCUT2D eigenvalue weighted by molar-refractivity contribution is 0.470. The number of hydrogen-bond acceptors (Lipinski definition) is 3. The van der Waals surface area contributed by atoms with Gasteiger partial charge in [-0.25, -0.2) is 9.98 Å². The van der Waals surface area contributed by atoms with Gasteiger partial charge in [0.05, 0.1) is 0 Å². The monoisotopic (exact) mass is 296 g/mol. The first kappa shape index (κ1) is 13.6. The molecular formula is C17H13ClN2O. The van der Waals surface area contributed by atoms with E-state index in [1.165, 1.54) is 0 Å². The van der Waals surface area contributed by atoms with E-state index < -0.39 is 0 Å². The molecule has 2 aromatic carbocycles. The molecule has 0 radical (unpaired) electrons. The first-order chi connectivity index (χ1) is 10.1. The summed E-state index contributed by atoms with van der Waals surface area (Å²) in [5, 5.41) is 12.7. The molecule has 0 saturated carbocycles. The van der Waals surface area contributed by atoms with Gasteiger partial charge in [0.25, 0.3) is 0 Å². The molecule has 0 saturated heterocycles. The van der Waals surface area contributed by atoms with E-state index in [-0.39, 0.29) is 5.75 Å². The Kier molecular flexibility index (Phi) is 3.59. The number of phenolic OH excluding ortho intramolecular Hbond substituents is 1. The predicted octanol–water partition coefficient (Wildman–Crippen LogP) is 4.65. The number of benzene rings is 2. The summed E-state index contributed by atoms with van der Waals surface area (Å²) in [5.41, 5.74) is 1.30. The Morgan fingerprint density at radius 1 is 1.14 bits per heavy atom. The smallest absolute Gasteiger partial charge is 0.152 e. The number of aliphatic imine (C=N–C) groups is 1. The summed E-state index contributed by atoms with van der Waals surface area (Å²) < 4.78 is 0. The zero-order valence-electron chi connectivity index (χ0n) is 11.4. The summed E-state index contributed by atoms with van der Waals surface area (Å²) in [5.74, 6) is 0.773. The highest BCUT2D eigenvalue weighted by atomic mass is 35.5. The molecule has 4 heteroatoms. The number of hydrogen-bond donors (Lipinski definition) is 1. The largest absolute Gasteiger partial charge is 0.507 e. The van der Waals surface area contributed by atoms with Crippen LogP contribution in [0.1, 0.15) is 11.1 Å². The molecular weight excluding hydrogens is 284 g/mol. The van der Waals surface area contributed by atoms with Gasteiger partial charge < -0.3 is 5.11 Å². The fraction of sp³-hybridized carbons (Fsp3) is 0.0588. The molecule has 3 rings (SSSR count). The lowest BCUT2D eigenvalue weighted by Crippen LogP contribution is -1.86. The highest BCUT2D eigenvalue weighted by Gasteiger charge is 2.04. The second-order valence-electron chi connectivity index (χ2n) is 4.81. The number of phenols is 1. The number of rotatable bonds is 2.